The molecule has 0 aliphatic carbocycles. The molecule has 0 saturated carbocycles. The van der Waals surface area contributed by atoms with Crippen molar-refractivity contribution in [2.24, 2.45) is 0 Å². The quantitative estimate of drug-likeness (QED) is 0.176. The highest BCUT2D eigenvalue weighted by Crippen LogP contribution is 2.41. The molecule has 266 valence electrons. The number of para-hydroxylation sites is 2. The van der Waals surface area contributed by atoms with Gasteiger partial charge in [0.2, 0.25) is 0 Å². The smallest absolute Gasteiger partial charge is 0.164 e. The van der Waals surface area contributed by atoms with Crippen LogP contribution in [-0.2, 0) is 0 Å². The second-order valence-electron chi connectivity index (χ2n) is 14.4. The Labute approximate surface area is 325 Å². The van der Waals surface area contributed by atoms with Gasteiger partial charge in [-0.25, -0.2) is 15.0 Å². The van der Waals surface area contributed by atoms with Crippen LogP contribution in [0.25, 0.3) is 117 Å². The summed E-state index contributed by atoms with van der Waals surface area (Å²) in [6.07, 6.45) is 0. The zero-order valence-electron chi connectivity index (χ0n) is 30.4. The number of hydrogen-bond acceptors (Lipinski definition) is 5. The molecule has 12 rings (SSSR count). The lowest BCUT2D eigenvalue weighted by Crippen LogP contribution is -2.00. The lowest BCUT2D eigenvalue weighted by atomic mass is 9.99. The van der Waals surface area contributed by atoms with Gasteiger partial charge >= 0.3 is 0 Å². The van der Waals surface area contributed by atoms with E-state index in [-0.39, 0.29) is 0 Å². The van der Waals surface area contributed by atoms with Crippen molar-refractivity contribution in [3.63, 3.8) is 0 Å². The fraction of sp³-hybridized carbons (Fsp3) is 0. The Morgan fingerprint density at radius 3 is 1.75 bits per heavy atom. The maximum absolute atomic E-state index is 6.52. The van der Waals surface area contributed by atoms with E-state index in [0.29, 0.717) is 17.5 Å². The van der Waals surface area contributed by atoms with Gasteiger partial charge in [-0.1, -0.05) is 115 Å². The maximum Gasteiger partial charge on any atom is 0.164 e. The van der Waals surface area contributed by atoms with Crippen LogP contribution >= 0.6 is 0 Å². The first-order chi connectivity index (χ1) is 28.2. The van der Waals surface area contributed by atoms with E-state index in [1.807, 2.05) is 66.7 Å². The third-order valence-corrected chi connectivity index (χ3v) is 11.1. The van der Waals surface area contributed by atoms with Crippen molar-refractivity contribution in [1.82, 2.24) is 19.5 Å². The first-order valence-electron chi connectivity index (χ1n) is 19.0. The fourth-order valence-corrected chi connectivity index (χ4v) is 8.45. The molecule has 0 N–H and O–H groups in total. The highest BCUT2D eigenvalue weighted by Gasteiger charge is 2.20. The van der Waals surface area contributed by atoms with Crippen LogP contribution in [0.4, 0.5) is 0 Å². The molecule has 0 spiro atoms. The van der Waals surface area contributed by atoms with Crippen molar-refractivity contribution in [2.75, 3.05) is 0 Å². The molecule has 0 radical (unpaired) electrons. The van der Waals surface area contributed by atoms with Crippen molar-refractivity contribution in [1.29, 1.82) is 0 Å². The van der Waals surface area contributed by atoms with Gasteiger partial charge in [0.25, 0.3) is 0 Å². The Kier molecular flexibility index (Phi) is 6.83. The van der Waals surface area contributed by atoms with Crippen LogP contribution in [0, 0.1) is 0 Å². The Balaban J connectivity index is 0.988. The van der Waals surface area contributed by atoms with Crippen LogP contribution in [0.1, 0.15) is 0 Å². The Hall–Kier alpha value is -7.83. The molecule has 0 unspecified atom stereocenters. The molecule has 4 aromatic heterocycles. The van der Waals surface area contributed by atoms with Gasteiger partial charge in [-0.05, 0) is 77.9 Å². The number of benzene rings is 8. The van der Waals surface area contributed by atoms with E-state index >= 15 is 0 Å². The summed E-state index contributed by atoms with van der Waals surface area (Å²) in [5.41, 5.74) is 11.6. The molecule has 12 aromatic rings. The van der Waals surface area contributed by atoms with Gasteiger partial charge < -0.3 is 13.4 Å². The van der Waals surface area contributed by atoms with Crippen LogP contribution in [0.3, 0.4) is 0 Å². The second kappa shape index (κ2) is 12.3. The molecule has 0 amide bonds. The van der Waals surface area contributed by atoms with Crippen LogP contribution in [-0.4, -0.2) is 19.5 Å². The van der Waals surface area contributed by atoms with Gasteiger partial charge in [0.15, 0.2) is 17.5 Å². The third kappa shape index (κ3) is 4.94. The highest BCUT2D eigenvalue weighted by atomic mass is 16.3. The monoisotopic (exact) mass is 730 g/mol. The zero-order valence-corrected chi connectivity index (χ0v) is 30.4. The molecular weight excluding hydrogens is 701 g/mol. The predicted octanol–water partition coefficient (Wildman–Crippen LogP) is 13.4. The van der Waals surface area contributed by atoms with Gasteiger partial charge in [0.1, 0.15) is 22.3 Å². The van der Waals surface area contributed by atoms with Gasteiger partial charge in [0, 0.05) is 49.3 Å². The van der Waals surface area contributed by atoms with Crippen LogP contribution in [0.5, 0.6) is 0 Å². The first kappa shape index (κ1) is 31.5. The summed E-state index contributed by atoms with van der Waals surface area (Å²) >= 11 is 0. The van der Waals surface area contributed by atoms with Crippen molar-refractivity contribution < 1.29 is 8.83 Å². The van der Waals surface area contributed by atoms with E-state index in [2.05, 4.69) is 120 Å². The van der Waals surface area contributed by atoms with Gasteiger partial charge in [-0.15, -0.1) is 0 Å². The topological polar surface area (TPSA) is 69.9 Å². The summed E-state index contributed by atoms with van der Waals surface area (Å²) in [6, 6.07) is 62.6. The van der Waals surface area contributed by atoms with Crippen molar-refractivity contribution in [3.8, 4) is 51.0 Å². The molecule has 0 aliphatic heterocycles. The number of nitrogens with zero attached hydrogens (tertiary/aromatic N) is 4. The molecule has 0 saturated heterocycles. The molecule has 0 atom stereocenters. The van der Waals surface area contributed by atoms with Crippen LogP contribution in [0.15, 0.2) is 191 Å². The molecular formula is C51H30N4O2. The fourth-order valence-electron chi connectivity index (χ4n) is 8.45. The van der Waals surface area contributed by atoms with Gasteiger partial charge in [0.05, 0.1) is 16.4 Å². The Morgan fingerprint density at radius 1 is 0.351 bits per heavy atom. The van der Waals surface area contributed by atoms with E-state index in [1.54, 1.807) is 0 Å². The minimum Gasteiger partial charge on any atom is -0.456 e. The largest absolute Gasteiger partial charge is 0.456 e. The summed E-state index contributed by atoms with van der Waals surface area (Å²) in [7, 11) is 0. The summed E-state index contributed by atoms with van der Waals surface area (Å²) in [5.74, 6) is 1.77. The van der Waals surface area contributed by atoms with E-state index in [1.165, 1.54) is 0 Å². The average molecular weight is 731 g/mol. The van der Waals surface area contributed by atoms with Gasteiger partial charge in [-0.2, -0.15) is 0 Å². The number of furan rings is 2. The number of rotatable bonds is 5. The summed E-state index contributed by atoms with van der Waals surface area (Å²) in [5, 5.41) is 6.64. The second-order valence-corrected chi connectivity index (χ2v) is 14.4. The normalized spacial score (nSPS) is 11.9. The summed E-state index contributed by atoms with van der Waals surface area (Å²) < 4.78 is 15.3. The Morgan fingerprint density at radius 2 is 0.965 bits per heavy atom. The minimum absolute atomic E-state index is 0.575. The maximum atomic E-state index is 6.52. The Bertz CT molecular complexity index is 3510. The minimum atomic E-state index is 0.575. The number of hydrogen-bond donors (Lipinski definition) is 0. The van der Waals surface area contributed by atoms with Gasteiger partial charge in [-0.3, -0.25) is 0 Å². The van der Waals surface area contributed by atoms with E-state index < -0.39 is 0 Å². The molecule has 0 fully saturated rings. The first-order valence-corrected chi connectivity index (χ1v) is 19.0. The highest BCUT2D eigenvalue weighted by molar-refractivity contribution is 6.23. The van der Waals surface area contributed by atoms with Crippen LogP contribution in [0.2, 0.25) is 0 Å². The third-order valence-electron chi connectivity index (χ3n) is 11.1. The molecule has 8 aromatic carbocycles. The van der Waals surface area contributed by atoms with Crippen molar-refractivity contribution in [3.05, 3.63) is 182 Å². The summed E-state index contributed by atoms with van der Waals surface area (Å²) in [4.78, 5) is 15.1. The standard InChI is InChI=1S/C51H30N4O2/c1-3-12-31(13-4-1)36-18-11-21-44-46(36)40-27-24-34(30-45(40)56-44)51-53-49(32-14-5-2-6-15-32)52-50(54-51)33-22-25-35(26-23-33)55-41-19-9-7-17-39(41)47-42(55)29-28-38-37-16-8-10-20-43(37)57-48(38)47/h1-30H. The molecule has 6 heteroatoms. The molecule has 4 heterocycles. The molecule has 0 aliphatic rings. The average Bonchev–Trinajstić information content (AvgIpc) is 3.96. The van der Waals surface area contributed by atoms with Crippen molar-refractivity contribution >= 4 is 65.7 Å². The lowest BCUT2D eigenvalue weighted by molar-refractivity contribution is 0.669. The SMILES string of the molecule is c1ccc(-c2nc(-c3ccc(-n4c5ccccc5c5c6oc7ccccc7c6ccc54)cc3)nc(-c3ccc4c(c3)oc3cccc(-c5ccccc5)c34)n2)cc1. The molecule has 57 heavy (non-hydrogen) atoms. The van der Waals surface area contributed by atoms with Crippen LogP contribution < -0.4 is 0 Å². The summed E-state index contributed by atoms with van der Waals surface area (Å²) in [6.45, 7) is 0. The van der Waals surface area contributed by atoms with E-state index in [4.69, 9.17) is 23.8 Å². The van der Waals surface area contributed by atoms with E-state index in [0.717, 1.165) is 99.2 Å². The molecule has 6 nitrogen and oxygen atoms in total. The lowest BCUT2D eigenvalue weighted by Gasteiger charge is -2.11. The number of aromatic nitrogens is 4. The van der Waals surface area contributed by atoms with E-state index in [9.17, 15) is 0 Å². The molecule has 0 bridgehead atoms. The zero-order chi connectivity index (χ0) is 37.5. The predicted molar refractivity (Wildman–Crippen MR) is 230 cm³/mol. The van der Waals surface area contributed by atoms with Crippen molar-refractivity contribution in [2.45, 2.75) is 0 Å². The number of fused-ring (bicyclic) bond motifs is 10.